The highest BCUT2D eigenvalue weighted by molar-refractivity contribution is 5.07. The zero-order valence-corrected chi connectivity index (χ0v) is 4.68. The summed E-state index contributed by atoms with van der Waals surface area (Å²) in [6.07, 6.45) is 1.10. The molecule has 48 valence electrons. The highest BCUT2D eigenvalue weighted by Gasteiger charge is 2.08. The van der Waals surface area contributed by atoms with Gasteiger partial charge in [-0.1, -0.05) is 4.80 Å². The van der Waals surface area contributed by atoms with E-state index in [0.29, 0.717) is 0 Å². The van der Waals surface area contributed by atoms with E-state index in [-0.39, 0.29) is 5.82 Å². The van der Waals surface area contributed by atoms with Crippen molar-refractivity contribution in [3.05, 3.63) is 16.3 Å². The van der Waals surface area contributed by atoms with E-state index in [0.717, 1.165) is 11.0 Å². The van der Waals surface area contributed by atoms with Crippen LogP contribution in [-0.4, -0.2) is 19.9 Å². The van der Waals surface area contributed by atoms with E-state index in [1.54, 1.807) is 0 Å². The lowest BCUT2D eigenvalue weighted by atomic mass is 10.8. The van der Waals surface area contributed by atoms with Crippen molar-refractivity contribution in [1.82, 2.24) is 15.0 Å². The van der Waals surface area contributed by atoms with Crippen molar-refractivity contribution in [3.8, 4) is 0 Å². The fraction of sp³-hybridized carbons (Fsp3) is 0.333. The third-order valence-electron chi connectivity index (χ3n) is 0.775. The molecule has 0 aromatic carbocycles. The van der Waals surface area contributed by atoms with Gasteiger partial charge >= 0.3 is 5.82 Å². The number of nitrogens with zero attached hydrogens (tertiary/aromatic N) is 4. The first-order valence-corrected chi connectivity index (χ1v) is 2.21. The van der Waals surface area contributed by atoms with Crippen LogP contribution >= 0.6 is 0 Å². The summed E-state index contributed by atoms with van der Waals surface area (Å²) in [5, 5.41) is 16.8. The van der Waals surface area contributed by atoms with E-state index in [2.05, 4.69) is 10.2 Å². The molecule has 0 amide bonds. The largest absolute Gasteiger partial charge is 0.410 e. The van der Waals surface area contributed by atoms with Crippen molar-refractivity contribution in [2.75, 3.05) is 0 Å². The maximum absolute atomic E-state index is 9.90. The first-order valence-electron chi connectivity index (χ1n) is 2.21. The Morgan fingerprint density at radius 3 is 2.78 bits per heavy atom. The Morgan fingerprint density at radius 1 is 1.89 bits per heavy atom. The molecule has 9 heavy (non-hydrogen) atoms. The summed E-state index contributed by atoms with van der Waals surface area (Å²) in [4.78, 5) is 10.5. The fourth-order valence-corrected chi connectivity index (χ4v) is 0.419. The van der Waals surface area contributed by atoms with Gasteiger partial charge in [0.05, 0.1) is 12.1 Å². The Balaban J connectivity index is 2.98. The average Bonchev–Trinajstić information content (AvgIpc) is 2.14. The number of hydrogen-bond acceptors (Lipinski definition) is 4. The zero-order valence-electron chi connectivity index (χ0n) is 4.68. The summed E-state index contributed by atoms with van der Waals surface area (Å²) in [5.41, 5.74) is 0. The average molecular weight is 128 g/mol. The predicted molar refractivity (Wildman–Crippen MR) is 27.7 cm³/mol. The fourth-order valence-electron chi connectivity index (χ4n) is 0.419. The second-order valence-corrected chi connectivity index (χ2v) is 1.45. The third kappa shape index (κ3) is 1.01. The van der Waals surface area contributed by atoms with Crippen LogP contribution in [0.25, 0.3) is 0 Å². The Hall–Kier alpha value is -1.46. The number of aryl methyl sites for hydroxylation is 1. The van der Waals surface area contributed by atoms with Gasteiger partial charge in [0.1, 0.15) is 0 Å². The van der Waals surface area contributed by atoms with Gasteiger partial charge in [-0.2, -0.15) is 0 Å². The molecule has 0 aliphatic heterocycles. The number of aromatic nitrogens is 3. The minimum absolute atomic E-state index is 0.225. The van der Waals surface area contributed by atoms with Crippen LogP contribution < -0.4 is 0 Å². The SMILES string of the molecule is Cn1ncc([N+](=O)[O-])n1. The van der Waals surface area contributed by atoms with Gasteiger partial charge in [0.15, 0.2) is 6.20 Å². The van der Waals surface area contributed by atoms with Crippen LogP contribution in [0.3, 0.4) is 0 Å². The first kappa shape index (κ1) is 5.67. The molecule has 0 saturated carbocycles. The van der Waals surface area contributed by atoms with E-state index >= 15 is 0 Å². The zero-order chi connectivity index (χ0) is 6.85. The van der Waals surface area contributed by atoms with Gasteiger partial charge in [0, 0.05) is 0 Å². The van der Waals surface area contributed by atoms with E-state index in [1.165, 1.54) is 7.05 Å². The molecule has 0 unspecified atom stereocenters. The molecule has 0 N–H and O–H groups in total. The van der Waals surface area contributed by atoms with Crippen LogP contribution in [0.5, 0.6) is 0 Å². The van der Waals surface area contributed by atoms with E-state index in [4.69, 9.17) is 0 Å². The Kier molecular flexibility index (Phi) is 1.14. The molecule has 0 radical (unpaired) electrons. The standard InChI is InChI=1S/C3H4N4O2/c1-6-4-2-3(5-6)7(8)9/h2H,1H3. The molecule has 6 nitrogen and oxygen atoms in total. The Morgan fingerprint density at radius 2 is 2.56 bits per heavy atom. The lowest BCUT2D eigenvalue weighted by molar-refractivity contribution is -0.389. The lowest BCUT2D eigenvalue weighted by Crippen LogP contribution is -1.93. The van der Waals surface area contributed by atoms with Gasteiger partial charge in [-0.25, -0.2) is 0 Å². The molecule has 0 aliphatic rings. The van der Waals surface area contributed by atoms with Gasteiger partial charge in [0.2, 0.25) is 0 Å². The minimum Gasteiger partial charge on any atom is -0.358 e. The van der Waals surface area contributed by atoms with E-state index in [9.17, 15) is 10.1 Å². The van der Waals surface area contributed by atoms with Crippen molar-refractivity contribution < 1.29 is 4.92 Å². The topological polar surface area (TPSA) is 73.8 Å². The van der Waals surface area contributed by atoms with Crippen LogP contribution in [-0.2, 0) is 7.05 Å². The molecule has 0 aliphatic carbocycles. The van der Waals surface area contributed by atoms with E-state index < -0.39 is 4.92 Å². The highest BCUT2D eigenvalue weighted by atomic mass is 16.6. The molecule has 0 atom stereocenters. The summed E-state index contributed by atoms with van der Waals surface area (Å²) >= 11 is 0. The predicted octanol–water partition coefficient (Wildman–Crippen LogP) is -0.277. The van der Waals surface area contributed by atoms with Crippen LogP contribution in [0.2, 0.25) is 0 Å². The molecule has 0 saturated heterocycles. The molecule has 6 heteroatoms. The van der Waals surface area contributed by atoms with Gasteiger partial charge in [-0.05, 0) is 4.92 Å². The quantitative estimate of drug-likeness (QED) is 0.385. The van der Waals surface area contributed by atoms with Gasteiger partial charge in [-0.15, -0.1) is 5.10 Å². The number of rotatable bonds is 1. The molecule has 1 rings (SSSR count). The molecular weight excluding hydrogens is 124 g/mol. The number of nitro groups is 1. The van der Waals surface area contributed by atoms with Crippen LogP contribution in [0.1, 0.15) is 0 Å². The van der Waals surface area contributed by atoms with Gasteiger partial charge < -0.3 is 10.1 Å². The Labute approximate surface area is 50.2 Å². The van der Waals surface area contributed by atoms with Crippen LogP contribution in [0, 0.1) is 10.1 Å². The summed E-state index contributed by atoms with van der Waals surface area (Å²) in [5.74, 6) is -0.225. The summed E-state index contributed by atoms with van der Waals surface area (Å²) in [7, 11) is 1.52. The number of hydrogen-bond donors (Lipinski definition) is 0. The Bertz CT molecular complexity index is 229. The van der Waals surface area contributed by atoms with Crippen molar-refractivity contribution in [2.45, 2.75) is 0 Å². The molecule has 0 spiro atoms. The maximum atomic E-state index is 9.90. The second-order valence-electron chi connectivity index (χ2n) is 1.45. The monoisotopic (exact) mass is 128 g/mol. The smallest absolute Gasteiger partial charge is 0.358 e. The molecule has 0 fully saturated rings. The third-order valence-corrected chi connectivity index (χ3v) is 0.775. The normalized spacial score (nSPS) is 9.44. The van der Waals surface area contributed by atoms with Crippen molar-refractivity contribution in [3.63, 3.8) is 0 Å². The first-order chi connectivity index (χ1) is 4.20. The molecule has 0 bridgehead atoms. The summed E-state index contributed by atoms with van der Waals surface area (Å²) in [6.45, 7) is 0. The summed E-state index contributed by atoms with van der Waals surface area (Å²) < 4.78 is 0. The maximum Gasteiger partial charge on any atom is 0.410 e. The lowest BCUT2D eigenvalue weighted by Gasteiger charge is -1.80. The van der Waals surface area contributed by atoms with Crippen molar-refractivity contribution >= 4 is 5.82 Å². The molecular formula is C3H4N4O2. The molecule has 1 aromatic rings. The highest BCUT2D eigenvalue weighted by Crippen LogP contribution is 1.99. The van der Waals surface area contributed by atoms with Gasteiger partial charge in [-0.3, -0.25) is 0 Å². The second kappa shape index (κ2) is 1.81. The minimum atomic E-state index is -0.590. The van der Waals surface area contributed by atoms with Crippen LogP contribution in [0.15, 0.2) is 6.20 Å². The molecule has 1 heterocycles. The van der Waals surface area contributed by atoms with Crippen LogP contribution in [0.4, 0.5) is 5.82 Å². The van der Waals surface area contributed by atoms with Crippen molar-refractivity contribution in [2.24, 2.45) is 7.05 Å². The molecule has 1 aromatic heterocycles. The van der Waals surface area contributed by atoms with E-state index in [1.807, 2.05) is 0 Å². The summed E-state index contributed by atoms with van der Waals surface area (Å²) in [6, 6.07) is 0. The van der Waals surface area contributed by atoms with Crippen molar-refractivity contribution in [1.29, 1.82) is 0 Å². The van der Waals surface area contributed by atoms with Gasteiger partial charge in [0.25, 0.3) is 0 Å².